The number of rotatable bonds is 6. The van der Waals surface area contributed by atoms with Crippen molar-refractivity contribution in [2.45, 2.75) is 25.6 Å². The lowest BCUT2D eigenvalue weighted by atomic mass is 10.2. The second kappa shape index (κ2) is 5.13. The molecule has 0 bridgehead atoms. The van der Waals surface area contributed by atoms with Gasteiger partial charge in [0.1, 0.15) is 0 Å². The number of hydrogen-bond acceptors (Lipinski definition) is 2. The van der Waals surface area contributed by atoms with Crippen LogP contribution in [-0.2, 0) is 16.1 Å². The maximum atomic E-state index is 5.46. The van der Waals surface area contributed by atoms with Crippen molar-refractivity contribution in [2.24, 2.45) is 0 Å². The van der Waals surface area contributed by atoms with Gasteiger partial charge in [-0.05, 0) is 24.5 Å². The highest BCUT2D eigenvalue weighted by Gasteiger charge is 2.21. The van der Waals surface area contributed by atoms with Gasteiger partial charge in [0.15, 0.2) is 0 Å². The van der Waals surface area contributed by atoms with E-state index in [1.54, 1.807) is 0 Å². The van der Waals surface area contributed by atoms with Gasteiger partial charge < -0.3 is 9.47 Å². The Kier molecular flexibility index (Phi) is 3.55. The van der Waals surface area contributed by atoms with Crippen molar-refractivity contribution in [1.82, 2.24) is 0 Å². The van der Waals surface area contributed by atoms with Crippen LogP contribution in [0.5, 0.6) is 0 Å². The van der Waals surface area contributed by atoms with Crippen molar-refractivity contribution >= 4 is 0 Å². The standard InChI is InChI=1S/C12H15O2/c1-2-4-11(5-3-1)10-13-8-9-14-12-6-7-12/h2-5,12H,6-10H2. The largest absolute Gasteiger partial charge is 0.376 e. The van der Waals surface area contributed by atoms with Crippen LogP contribution in [0.15, 0.2) is 24.3 Å². The van der Waals surface area contributed by atoms with Crippen LogP contribution in [0.3, 0.4) is 0 Å². The summed E-state index contributed by atoms with van der Waals surface area (Å²) in [6, 6.07) is 10.8. The average molecular weight is 191 g/mol. The third kappa shape index (κ3) is 3.48. The molecule has 0 spiro atoms. The number of ether oxygens (including phenoxy) is 2. The van der Waals surface area contributed by atoms with Crippen molar-refractivity contribution in [1.29, 1.82) is 0 Å². The highest BCUT2D eigenvalue weighted by molar-refractivity contribution is 5.12. The molecule has 2 rings (SSSR count). The van der Waals surface area contributed by atoms with Crippen LogP contribution in [0.4, 0.5) is 0 Å². The minimum atomic E-state index is 0.532. The monoisotopic (exact) mass is 191 g/mol. The topological polar surface area (TPSA) is 18.5 Å². The highest BCUT2D eigenvalue weighted by Crippen LogP contribution is 2.22. The summed E-state index contributed by atoms with van der Waals surface area (Å²) in [6.07, 6.45) is 2.99. The van der Waals surface area contributed by atoms with Crippen molar-refractivity contribution < 1.29 is 9.47 Å². The van der Waals surface area contributed by atoms with Crippen LogP contribution in [0.1, 0.15) is 18.4 Å². The predicted octanol–water partition coefficient (Wildman–Crippen LogP) is 2.18. The van der Waals surface area contributed by atoms with Crippen molar-refractivity contribution in [2.75, 3.05) is 13.2 Å². The van der Waals surface area contributed by atoms with E-state index in [-0.39, 0.29) is 0 Å². The van der Waals surface area contributed by atoms with E-state index in [9.17, 15) is 0 Å². The van der Waals surface area contributed by atoms with E-state index in [1.165, 1.54) is 18.4 Å². The molecule has 0 saturated heterocycles. The van der Waals surface area contributed by atoms with Crippen LogP contribution in [0.2, 0.25) is 0 Å². The van der Waals surface area contributed by atoms with Gasteiger partial charge in [-0.15, -0.1) is 0 Å². The van der Waals surface area contributed by atoms with Gasteiger partial charge in [0.05, 0.1) is 25.9 Å². The van der Waals surface area contributed by atoms with Crippen molar-refractivity contribution in [3.05, 3.63) is 35.9 Å². The van der Waals surface area contributed by atoms with E-state index in [2.05, 4.69) is 6.07 Å². The lowest BCUT2D eigenvalue weighted by Crippen LogP contribution is -2.05. The van der Waals surface area contributed by atoms with Gasteiger partial charge in [0, 0.05) is 0 Å². The maximum absolute atomic E-state index is 5.46. The molecule has 1 aliphatic rings. The molecule has 0 N–H and O–H groups in total. The third-order valence-corrected chi connectivity index (χ3v) is 2.16. The SMILES string of the molecule is [c]1ccc(COCCOC2CC2)cc1. The van der Waals surface area contributed by atoms with Crippen LogP contribution in [-0.4, -0.2) is 19.3 Å². The first kappa shape index (κ1) is 9.69. The third-order valence-electron chi connectivity index (χ3n) is 2.16. The van der Waals surface area contributed by atoms with E-state index in [4.69, 9.17) is 9.47 Å². The molecule has 0 heterocycles. The fraction of sp³-hybridized carbons (Fsp3) is 0.500. The van der Waals surface area contributed by atoms with Gasteiger partial charge in [-0.2, -0.15) is 0 Å². The Bertz CT molecular complexity index is 254. The van der Waals surface area contributed by atoms with E-state index in [0.717, 1.165) is 6.61 Å². The van der Waals surface area contributed by atoms with E-state index in [1.807, 2.05) is 24.3 Å². The average Bonchev–Trinajstić information content (AvgIpc) is 3.03. The Balaban J connectivity index is 1.54. The summed E-state index contributed by atoms with van der Waals surface area (Å²) >= 11 is 0. The van der Waals surface area contributed by atoms with Gasteiger partial charge >= 0.3 is 0 Å². The molecule has 2 heteroatoms. The highest BCUT2D eigenvalue weighted by atomic mass is 16.5. The zero-order valence-electron chi connectivity index (χ0n) is 8.24. The molecule has 1 aromatic rings. The van der Waals surface area contributed by atoms with Crippen LogP contribution < -0.4 is 0 Å². The Labute approximate surface area is 84.8 Å². The summed E-state index contributed by atoms with van der Waals surface area (Å²) in [6.45, 7) is 2.08. The summed E-state index contributed by atoms with van der Waals surface area (Å²) in [5.74, 6) is 0. The molecule has 1 fully saturated rings. The molecule has 0 aliphatic heterocycles. The number of hydrogen-bond donors (Lipinski definition) is 0. The van der Waals surface area contributed by atoms with E-state index >= 15 is 0 Å². The molecule has 0 aromatic heterocycles. The van der Waals surface area contributed by atoms with E-state index < -0.39 is 0 Å². The minimum Gasteiger partial charge on any atom is -0.376 e. The second-order valence-electron chi connectivity index (χ2n) is 3.53. The Morgan fingerprint density at radius 2 is 2.00 bits per heavy atom. The molecule has 1 aliphatic carbocycles. The molecule has 2 nitrogen and oxygen atoms in total. The summed E-state index contributed by atoms with van der Waals surface area (Å²) in [5, 5.41) is 0. The first-order valence-electron chi connectivity index (χ1n) is 5.09. The Morgan fingerprint density at radius 3 is 2.71 bits per heavy atom. The lowest BCUT2D eigenvalue weighted by Gasteiger charge is -2.04. The molecule has 0 unspecified atom stereocenters. The summed E-state index contributed by atoms with van der Waals surface area (Å²) < 4.78 is 10.9. The van der Waals surface area contributed by atoms with Gasteiger partial charge in [0.25, 0.3) is 0 Å². The molecule has 0 amide bonds. The molecule has 14 heavy (non-hydrogen) atoms. The Morgan fingerprint density at radius 1 is 1.21 bits per heavy atom. The zero-order valence-corrected chi connectivity index (χ0v) is 8.24. The van der Waals surface area contributed by atoms with Crippen molar-refractivity contribution in [3.8, 4) is 0 Å². The first-order chi connectivity index (χ1) is 6.95. The van der Waals surface area contributed by atoms with Crippen LogP contribution in [0, 0.1) is 6.07 Å². The molecular weight excluding hydrogens is 176 g/mol. The normalized spacial score (nSPS) is 15.7. The predicted molar refractivity (Wildman–Crippen MR) is 53.9 cm³/mol. The molecule has 1 saturated carbocycles. The minimum absolute atomic E-state index is 0.532. The smallest absolute Gasteiger partial charge is 0.0718 e. The maximum Gasteiger partial charge on any atom is 0.0718 e. The molecule has 0 atom stereocenters. The fourth-order valence-corrected chi connectivity index (χ4v) is 1.22. The van der Waals surface area contributed by atoms with Gasteiger partial charge in [-0.3, -0.25) is 0 Å². The van der Waals surface area contributed by atoms with Gasteiger partial charge in [-0.25, -0.2) is 0 Å². The molecular formula is C12H15O2. The van der Waals surface area contributed by atoms with Gasteiger partial charge in [-0.1, -0.05) is 24.3 Å². The molecule has 75 valence electrons. The summed E-state index contributed by atoms with van der Waals surface area (Å²) in [5.41, 5.74) is 1.19. The van der Waals surface area contributed by atoms with Crippen LogP contribution in [0.25, 0.3) is 0 Å². The fourth-order valence-electron chi connectivity index (χ4n) is 1.22. The summed E-state index contributed by atoms with van der Waals surface area (Å²) in [4.78, 5) is 0. The quantitative estimate of drug-likeness (QED) is 0.642. The Hall–Kier alpha value is -0.860. The molecule has 1 aromatic carbocycles. The first-order valence-corrected chi connectivity index (χ1v) is 5.09. The second-order valence-corrected chi connectivity index (χ2v) is 3.53. The van der Waals surface area contributed by atoms with Gasteiger partial charge in [0.2, 0.25) is 0 Å². The van der Waals surface area contributed by atoms with Crippen molar-refractivity contribution in [3.63, 3.8) is 0 Å². The van der Waals surface area contributed by atoms with Crippen LogP contribution >= 0.6 is 0 Å². The molecule has 1 radical (unpaired) electrons. The van der Waals surface area contributed by atoms with E-state index in [0.29, 0.717) is 19.3 Å². The summed E-state index contributed by atoms with van der Waals surface area (Å²) in [7, 11) is 0. The number of benzene rings is 1. The lowest BCUT2D eigenvalue weighted by molar-refractivity contribution is 0.0335. The zero-order chi connectivity index (χ0) is 9.64.